The minimum Gasteiger partial charge on any atom is -0.483 e. The SMILES string of the molecule is C=CCn1cc(C(=O)OC)c(=O)c(OCc2ccccc2)c1C=O. The number of aldehydes is 1. The van der Waals surface area contributed by atoms with Gasteiger partial charge in [0.2, 0.25) is 5.43 Å². The Balaban J connectivity index is 2.51. The number of rotatable bonds is 7. The summed E-state index contributed by atoms with van der Waals surface area (Å²) in [4.78, 5) is 35.8. The number of nitrogens with zero attached hydrogens (tertiary/aromatic N) is 1. The maximum absolute atomic E-state index is 12.5. The second kappa shape index (κ2) is 7.92. The summed E-state index contributed by atoms with van der Waals surface area (Å²) in [6, 6.07) is 9.18. The van der Waals surface area contributed by atoms with E-state index in [2.05, 4.69) is 11.3 Å². The highest BCUT2D eigenvalue weighted by Crippen LogP contribution is 2.16. The molecule has 6 nitrogen and oxygen atoms in total. The molecular weight excluding hydrogens is 310 g/mol. The van der Waals surface area contributed by atoms with Gasteiger partial charge in [-0.2, -0.15) is 0 Å². The Labute approximate surface area is 138 Å². The number of hydrogen-bond donors (Lipinski definition) is 0. The van der Waals surface area contributed by atoms with Crippen molar-refractivity contribution in [1.82, 2.24) is 4.57 Å². The second-order valence-corrected chi connectivity index (χ2v) is 4.91. The highest BCUT2D eigenvalue weighted by Gasteiger charge is 2.21. The lowest BCUT2D eigenvalue weighted by Crippen LogP contribution is -2.24. The van der Waals surface area contributed by atoms with E-state index in [0.717, 1.165) is 5.56 Å². The van der Waals surface area contributed by atoms with Crippen molar-refractivity contribution in [3.63, 3.8) is 0 Å². The first kappa shape index (κ1) is 17.2. The van der Waals surface area contributed by atoms with Crippen LogP contribution in [-0.2, 0) is 17.9 Å². The zero-order valence-electron chi connectivity index (χ0n) is 13.2. The molecule has 0 N–H and O–H groups in total. The molecule has 0 saturated heterocycles. The Bertz CT molecular complexity index is 808. The van der Waals surface area contributed by atoms with Gasteiger partial charge in [0.15, 0.2) is 12.0 Å². The van der Waals surface area contributed by atoms with Crippen molar-refractivity contribution in [2.75, 3.05) is 7.11 Å². The summed E-state index contributed by atoms with van der Waals surface area (Å²) >= 11 is 0. The molecule has 1 heterocycles. The molecule has 0 saturated carbocycles. The van der Waals surface area contributed by atoms with Gasteiger partial charge >= 0.3 is 5.97 Å². The molecule has 2 rings (SSSR count). The van der Waals surface area contributed by atoms with Crippen molar-refractivity contribution in [2.24, 2.45) is 0 Å². The first-order chi connectivity index (χ1) is 11.6. The molecule has 2 aromatic rings. The summed E-state index contributed by atoms with van der Waals surface area (Å²) in [5.41, 5.74) is -0.0100. The lowest BCUT2D eigenvalue weighted by molar-refractivity contribution is 0.0597. The zero-order valence-corrected chi connectivity index (χ0v) is 13.2. The molecule has 0 aliphatic heterocycles. The van der Waals surface area contributed by atoms with E-state index < -0.39 is 11.4 Å². The van der Waals surface area contributed by atoms with Crippen molar-refractivity contribution in [2.45, 2.75) is 13.2 Å². The Morgan fingerprint density at radius 2 is 2.00 bits per heavy atom. The third-order valence-electron chi connectivity index (χ3n) is 3.35. The van der Waals surface area contributed by atoms with Crippen molar-refractivity contribution in [3.8, 4) is 5.75 Å². The summed E-state index contributed by atoms with van der Waals surface area (Å²) in [6.45, 7) is 3.93. The van der Waals surface area contributed by atoms with Crippen LogP contribution >= 0.6 is 0 Å². The highest BCUT2D eigenvalue weighted by molar-refractivity contribution is 5.90. The molecule has 124 valence electrons. The average Bonchev–Trinajstić information content (AvgIpc) is 2.61. The second-order valence-electron chi connectivity index (χ2n) is 4.91. The van der Waals surface area contributed by atoms with Crippen LogP contribution in [0.4, 0.5) is 0 Å². The van der Waals surface area contributed by atoms with Gasteiger partial charge in [-0.3, -0.25) is 9.59 Å². The number of methoxy groups -OCH3 is 1. The molecule has 0 fully saturated rings. The predicted molar refractivity (Wildman–Crippen MR) is 88.4 cm³/mol. The van der Waals surface area contributed by atoms with Crippen LogP contribution < -0.4 is 10.2 Å². The molecular formula is C18H17NO5. The Kier molecular flexibility index (Phi) is 5.68. The fraction of sp³-hybridized carbons (Fsp3) is 0.167. The Hall–Kier alpha value is -3.15. The molecule has 0 radical (unpaired) electrons. The van der Waals surface area contributed by atoms with Crippen molar-refractivity contribution >= 4 is 12.3 Å². The zero-order chi connectivity index (χ0) is 17.5. The average molecular weight is 327 g/mol. The first-order valence-electron chi connectivity index (χ1n) is 7.21. The van der Waals surface area contributed by atoms with Crippen LogP contribution in [-0.4, -0.2) is 23.9 Å². The predicted octanol–water partition coefficient (Wildman–Crippen LogP) is 2.21. The van der Waals surface area contributed by atoms with Gasteiger partial charge in [0.05, 0.1) is 7.11 Å². The lowest BCUT2D eigenvalue weighted by atomic mass is 10.2. The smallest absolute Gasteiger partial charge is 0.343 e. The number of hydrogen-bond acceptors (Lipinski definition) is 5. The molecule has 1 aromatic heterocycles. The number of aromatic nitrogens is 1. The van der Waals surface area contributed by atoms with E-state index in [9.17, 15) is 14.4 Å². The molecule has 1 aromatic carbocycles. The van der Waals surface area contributed by atoms with Gasteiger partial charge in [0, 0.05) is 12.7 Å². The fourth-order valence-corrected chi connectivity index (χ4v) is 2.19. The summed E-state index contributed by atoms with van der Waals surface area (Å²) in [6.07, 6.45) is 3.33. The summed E-state index contributed by atoms with van der Waals surface area (Å²) in [7, 11) is 1.18. The van der Waals surface area contributed by atoms with Crippen LogP contribution in [0.3, 0.4) is 0 Å². The van der Waals surface area contributed by atoms with Crippen molar-refractivity contribution in [3.05, 3.63) is 76.2 Å². The van der Waals surface area contributed by atoms with E-state index >= 15 is 0 Å². The van der Waals surface area contributed by atoms with E-state index in [0.29, 0.717) is 6.29 Å². The van der Waals surface area contributed by atoms with Crippen molar-refractivity contribution < 1.29 is 19.1 Å². The number of pyridine rings is 1. The van der Waals surface area contributed by atoms with Gasteiger partial charge in [-0.25, -0.2) is 4.79 Å². The number of ether oxygens (including phenoxy) is 2. The van der Waals surface area contributed by atoms with Crippen LogP contribution in [0.5, 0.6) is 5.75 Å². The van der Waals surface area contributed by atoms with Crippen LogP contribution in [0.1, 0.15) is 26.4 Å². The normalized spacial score (nSPS) is 10.0. The third-order valence-corrected chi connectivity index (χ3v) is 3.35. The quantitative estimate of drug-likeness (QED) is 0.443. The number of benzene rings is 1. The topological polar surface area (TPSA) is 74.6 Å². The number of esters is 1. The van der Waals surface area contributed by atoms with Crippen LogP contribution in [0.2, 0.25) is 0 Å². The van der Waals surface area contributed by atoms with Gasteiger partial charge in [0.25, 0.3) is 0 Å². The van der Waals surface area contributed by atoms with Gasteiger partial charge in [0.1, 0.15) is 17.9 Å². The van der Waals surface area contributed by atoms with Gasteiger partial charge in [-0.1, -0.05) is 36.4 Å². The molecule has 6 heteroatoms. The van der Waals surface area contributed by atoms with Crippen molar-refractivity contribution in [1.29, 1.82) is 0 Å². The minimum absolute atomic E-state index is 0.0449. The first-order valence-corrected chi connectivity index (χ1v) is 7.21. The number of carbonyl (C=O) groups is 2. The maximum atomic E-state index is 12.5. The van der Waals surface area contributed by atoms with Crippen LogP contribution in [0.25, 0.3) is 0 Å². The molecule has 0 bridgehead atoms. The van der Waals surface area contributed by atoms with E-state index in [1.807, 2.05) is 30.3 Å². The largest absolute Gasteiger partial charge is 0.483 e. The molecule has 0 atom stereocenters. The van der Waals surface area contributed by atoms with Gasteiger partial charge < -0.3 is 14.0 Å². The van der Waals surface area contributed by atoms with E-state index in [4.69, 9.17) is 4.74 Å². The summed E-state index contributed by atoms with van der Waals surface area (Å²) < 4.78 is 11.6. The third kappa shape index (κ3) is 3.60. The Morgan fingerprint density at radius 3 is 2.58 bits per heavy atom. The fourth-order valence-electron chi connectivity index (χ4n) is 2.19. The monoisotopic (exact) mass is 327 g/mol. The number of allylic oxidation sites excluding steroid dienone is 1. The molecule has 0 spiro atoms. The summed E-state index contributed by atoms with van der Waals surface area (Å²) in [5, 5.41) is 0. The maximum Gasteiger partial charge on any atom is 0.343 e. The molecule has 0 amide bonds. The molecule has 24 heavy (non-hydrogen) atoms. The summed E-state index contributed by atoms with van der Waals surface area (Å²) in [5.74, 6) is -0.974. The number of carbonyl (C=O) groups excluding carboxylic acids is 2. The van der Waals surface area contributed by atoms with E-state index in [1.54, 1.807) is 6.08 Å². The lowest BCUT2D eigenvalue weighted by Gasteiger charge is -2.14. The van der Waals surface area contributed by atoms with Gasteiger partial charge in [-0.15, -0.1) is 6.58 Å². The molecule has 0 unspecified atom stereocenters. The van der Waals surface area contributed by atoms with Gasteiger partial charge in [-0.05, 0) is 5.56 Å². The molecule has 0 aliphatic carbocycles. The van der Waals surface area contributed by atoms with Crippen LogP contribution in [0.15, 0.2) is 54.0 Å². The van der Waals surface area contributed by atoms with Crippen LogP contribution in [0, 0.1) is 0 Å². The standard InChI is InChI=1S/C18H17NO5/c1-3-9-19-10-14(18(22)23-2)16(21)17(15(19)11-20)24-12-13-7-5-4-6-8-13/h3-8,10-11H,1,9,12H2,2H3. The van der Waals surface area contributed by atoms with E-state index in [-0.39, 0.29) is 30.2 Å². The molecule has 0 aliphatic rings. The minimum atomic E-state index is -0.792. The van der Waals surface area contributed by atoms with E-state index in [1.165, 1.54) is 17.9 Å². The Morgan fingerprint density at radius 1 is 1.29 bits per heavy atom. The highest BCUT2D eigenvalue weighted by atomic mass is 16.5.